The van der Waals surface area contributed by atoms with Gasteiger partial charge in [-0.25, -0.2) is 0 Å². The molecule has 1 saturated heterocycles. The molecule has 1 aliphatic heterocycles. The predicted molar refractivity (Wildman–Crippen MR) is 60.4 cm³/mol. The van der Waals surface area contributed by atoms with E-state index >= 15 is 0 Å². The van der Waals surface area contributed by atoms with Gasteiger partial charge in [0.2, 0.25) is 0 Å². The number of hydrogen-bond donors (Lipinski definition) is 1. The molecule has 0 bridgehead atoms. The van der Waals surface area contributed by atoms with Crippen LogP contribution >= 0.6 is 0 Å². The zero-order valence-electron chi connectivity index (χ0n) is 9.79. The number of nitrogens with one attached hydrogen (secondary N) is 1. The lowest BCUT2D eigenvalue weighted by Crippen LogP contribution is -2.46. The van der Waals surface area contributed by atoms with E-state index in [1.54, 1.807) is 0 Å². The molecule has 3 atom stereocenters. The molecule has 0 spiro atoms. The van der Waals surface area contributed by atoms with Crippen molar-refractivity contribution in [1.82, 2.24) is 10.2 Å². The Labute approximate surface area is 88.1 Å². The second-order valence-corrected chi connectivity index (χ2v) is 5.42. The fourth-order valence-electron chi connectivity index (χ4n) is 2.89. The minimum atomic E-state index is 0.638. The van der Waals surface area contributed by atoms with Crippen LogP contribution in [0.5, 0.6) is 0 Å². The van der Waals surface area contributed by atoms with Gasteiger partial charge >= 0.3 is 0 Å². The van der Waals surface area contributed by atoms with Crippen LogP contribution in [0.2, 0.25) is 0 Å². The third kappa shape index (κ3) is 2.12. The average Bonchev–Trinajstić information content (AvgIpc) is 2.49. The Bertz CT molecular complexity index is 191. The minimum absolute atomic E-state index is 0.638. The topological polar surface area (TPSA) is 15.3 Å². The summed E-state index contributed by atoms with van der Waals surface area (Å²) in [6.45, 7) is 9.49. The fourth-order valence-corrected chi connectivity index (χ4v) is 2.89. The maximum absolute atomic E-state index is 3.65. The van der Waals surface area contributed by atoms with Gasteiger partial charge in [-0.05, 0) is 25.2 Å². The van der Waals surface area contributed by atoms with Crippen molar-refractivity contribution >= 4 is 0 Å². The summed E-state index contributed by atoms with van der Waals surface area (Å²) in [6, 6.07) is 2.30. The van der Waals surface area contributed by atoms with Gasteiger partial charge in [0.15, 0.2) is 0 Å². The van der Waals surface area contributed by atoms with Crippen LogP contribution in [0.4, 0.5) is 0 Å². The van der Waals surface area contributed by atoms with Crippen LogP contribution in [0.1, 0.15) is 40.0 Å². The summed E-state index contributed by atoms with van der Waals surface area (Å²) < 4.78 is 0. The maximum Gasteiger partial charge on any atom is 0.0209 e. The van der Waals surface area contributed by atoms with Crippen molar-refractivity contribution < 1.29 is 0 Å². The number of rotatable bonds is 3. The van der Waals surface area contributed by atoms with Crippen LogP contribution in [0.25, 0.3) is 0 Å². The van der Waals surface area contributed by atoms with Crippen LogP contribution < -0.4 is 5.32 Å². The van der Waals surface area contributed by atoms with Crippen molar-refractivity contribution in [2.24, 2.45) is 5.92 Å². The lowest BCUT2D eigenvalue weighted by atomic mass is 9.80. The molecule has 2 nitrogen and oxygen atoms in total. The highest BCUT2D eigenvalue weighted by atomic mass is 15.2. The van der Waals surface area contributed by atoms with Crippen molar-refractivity contribution in [3.05, 3.63) is 0 Å². The quantitative estimate of drug-likeness (QED) is 0.741. The molecule has 2 rings (SSSR count). The van der Waals surface area contributed by atoms with Gasteiger partial charge in [0.25, 0.3) is 0 Å². The molecule has 2 fully saturated rings. The van der Waals surface area contributed by atoms with Crippen molar-refractivity contribution in [1.29, 1.82) is 0 Å². The molecule has 1 aliphatic carbocycles. The molecule has 2 heteroatoms. The number of hydrogen-bond acceptors (Lipinski definition) is 2. The summed E-state index contributed by atoms with van der Waals surface area (Å²) in [5, 5.41) is 3.65. The molecule has 1 saturated carbocycles. The van der Waals surface area contributed by atoms with Crippen LogP contribution in [-0.2, 0) is 0 Å². The third-order valence-electron chi connectivity index (χ3n) is 3.83. The smallest absolute Gasteiger partial charge is 0.0209 e. The summed E-state index contributed by atoms with van der Waals surface area (Å²) in [7, 11) is 0. The fraction of sp³-hybridized carbons (Fsp3) is 1.00. The van der Waals surface area contributed by atoms with Gasteiger partial charge in [0, 0.05) is 31.2 Å². The van der Waals surface area contributed by atoms with Crippen LogP contribution in [-0.4, -0.2) is 36.1 Å². The monoisotopic (exact) mass is 196 g/mol. The Kier molecular flexibility index (Phi) is 3.13. The van der Waals surface area contributed by atoms with E-state index in [2.05, 4.69) is 31.0 Å². The first-order chi connectivity index (χ1) is 6.66. The van der Waals surface area contributed by atoms with E-state index in [4.69, 9.17) is 0 Å². The van der Waals surface area contributed by atoms with Gasteiger partial charge in [-0.1, -0.05) is 20.8 Å². The molecular formula is C12H24N2. The van der Waals surface area contributed by atoms with E-state index in [0.29, 0.717) is 6.04 Å². The molecule has 1 heterocycles. The zero-order chi connectivity index (χ0) is 10.1. The molecule has 0 aromatic heterocycles. The molecule has 14 heavy (non-hydrogen) atoms. The Balaban J connectivity index is 1.77. The summed E-state index contributed by atoms with van der Waals surface area (Å²) in [5.41, 5.74) is 0. The lowest BCUT2D eigenvalue weighted by molar-refractivity contribution is 0.0922. The molecule has 1 N–H and O–H groups in total. The molecule has 0 radical (unpaired) electrons. The Morgan fingerprint density at radius 3 is 2.50 bits per heavy atom. The van der Waals surface area contributed by atoms with Crippen LogP contribution in [0.15, 0.2) is 0 Å². The van der Waals surface area contributed by atoms with E-state index in [1.165, 1.54) is 32.4 Å². The minimum Gasteiger partial charge on any atom is -0.310 e. The van der Waals surface area contributed by atoms with Gasteiger partial charge in [0.1, 0.15) is 0 Å². The van der Waals surface area contributed by atoms with Crippen molar-refractivity contribution in [3.63, 3.8) is 0 Å². The lowest BCUT2D eigenvalue weighted by Gasteiger charge is -2.41. The Morgan fingerprint density at radius 1 is 1.21 bits per heavy atom. The normalized spacial score (nSPS) is 39.0. The molecular weight excluding hydrogens is 172 g/mol. The van der Waals surface area contributed by atoms with Crippen LogP contribution in [0.3, 0.4) is 0 Å². The highest BCUT2D eigenvalue weighted by Gasteiger charge is 2.36. The van der Waals surface area contributed by atoms with E-state index < -0.39 is 0 Å². The van der Waals surface area contributed by atoms with Gasteiger partial charge < -0.3 is 5.32 Å². The molecule has 2 aliphatic rings. The van der Waals surface area contributed by atoms with Crippen molar-refractivity contribution in [2.75, 3.05) is 13.1 Å². The van der Waals surface area contributed by atoms with E-state index in [0.717, 1.165) is 18.0 Å². The SMILES string of the molecule is CC(C)NC1CCN(C2CCC2C)C1. The maximum atomic E-state index is 3.65. The average molecular weight is 196 g/mol. The summed E-state index contributed by atoms with van der Waals surface area (Å²) in [6.07, 6.45) is 4.24. The molecule has 0 aromatic rings. The predicted octanol–water partition coefficient (Wildman–Crippen LogP) is 1.86. The number of likely N-dealkylation sites (tertiary alicyclic amines) is 1. The highest BCUT2D eigenvalue weighted by Crippen LogP contribution is 2.33. The third-order valence-corrected chi connectivity index (χ3v) is 3.83. The van der Waals surface area contributed by atoms with E-state index in [-0.39, 0.29) is 0 Å². The van der Waals surface area contributed by atoms with E-state index in [9.17, 15) is 0 Å². The van der Waals surface area contributed by atoms with Crippen molar-refractivity contribution in [3.8, 4) is 0 Å². The first-order valence-corrected chi connectivity index (χ1v) is 6.17. The van der Waals surface area contributed by atoms with E-state index in [1.807, 2.05) is 0 Å². The molecule has 3 unspecified atom stereocenters. The second-order valence-electron chi connectivity index (χ2n) is 5.42. The largest absolute Gasteiger partial charge is 0.310 e. The number of nitrogens with zero attached hydrogens (tertiary/aromatic N) is 1. The van der Waals surface area contributed by atoms with Gasteiger partial charge in [0.05, 0.1) is 0 Å². The second kappa shape index (κ2) is 4.19. The van der Waals surface area contributed by atoms with Gasteiger partial charge in [-0.2, -0.15) is 0 Å². The summed E-state index contributed by atoms with van der Waals surface area (Å²) >= 11 is 0. The first kappa shape index (κ1) is 10.4. The Hall–Kier alpha value is -0.0800. The standard InChI is InChI=1S/C12H24N2/c1-9(2)13-11-6-7-14(8-11)12-5-4-10(12)3/h9-13H,4-8H2,1-3H3. The Morgan fingerprint density at radius 2 is 2.00 bits per heavy atom. The van der Waals surface area contributed by atoms with Gasteiger partial charge in [-0.15, -0.1) is 0 Å². The first-order valence-electron chi connectivity index (χ1n) is 6.17. The zero-order valence-corrected chi connectivity index (χ0v) is 9.79. The summed E-state index contributed by atoms with van der Waals surface area (Å²) in [5.74, 6) is 0.952. The molecule has 0 aromatic carbocycles. The molecule has 82 valence electrons. The van der Waals surface area contributed by atoms with Crippen molar-refractivity contribution in [2.45, 2.75) is 58.2 Å². The van der Waals surface area contributed by atoms with Gasteiger partial charge in [-0.3, -0.25) is 4.90 Å². The highest BCUT2D eigenvalue weighted by molar-refractivity contribution is 4.92. The van der Waals surface area contributed by atoms with Crippen LogP contribution in [0, 0.1) is 5.92 Å². The summed E-state index contributed by atoms with van der Waals surface area (Å²) in [4.78, 5) is 2.70. The molecule has 0 amide bonds.